The Balaban J connectivity index is 1.68. The molecule has 0 amide bonds. The van der Waals surface area contributed by atoms with Crippen LogP contribution in [-0.4, -0.2) is 11.6 Å². The number of rotatable bonds is 0. The summed E-state index contributed by atoms with van der Waals surface area (Å²) in [5.41, 5.74) is 1.30. The Morgan fingerprint density at radius 3 is 2.81 bits per heavy atom. The molecule has 1 heterocycles. The van der Waals surface area contributed by atoms with E-state index < -0.39 is 0 Å². The Morgan fingerprint density at radius 1 is 1.12 bits per heavy atom. The van der Waals surface area contributed by atoms with Gasteiger partial charge >= 0.3 is 0 Å². The average molecular weight is 219 g/mol. The molecule has 5 unspecified atom stereocenters. The van der Waals surface area contributed by atoms with E-state index in [0.29, 0.717) is 11.0 Å². The first kappa shape index (κ1) is 9.94. The summed E-state index contributed by atoms with van der Waals surface area (Å²) in [5, 5.41) is 3.88. The highest BCUT2D eigenvalue weighted by Crippen LogP contribution is 2.60. The number of nitrogens with one attached hydrogen (secondary N) is 1. The predicted molar refractivity (Wildman–Crippen MR) is 66.2 cm³/mol. The molecule has 0 aromatic carbocycles. The van der Waals surface area contributed by atoms with Gasteiger partial charge in [0.1, 0.15) is 0 Å². The number of piperidine rings is 1. The first-order chi connectivity index (χ1) is 7.60. The molecule has 1 heteroatoms. The Hall–Kier alpha value is -0.0400. The average Bonchev–Trinajstić information content (AvgIpc) is 2.80. The zero-order chi connectivity index (χ0) is 11.0. The Morgan fingerprint density at radius 2 is 2.00 bits per heavy atom. The summed E-state index contributed by atoms with van der Waals surface area (Å²) < 4.78 is 0. The molecule has 4 bridgehead atoms. The van der Waals surface area contributed by atoms with Crippen LogP contribution in [-0.2, 0) is 0 Å². The van der Waals surface area contributed by atoms with Crippen LogP contribution < -0.4 is 5.32 Å². The normalized spacial score (nSPS) is 63.4. The van der Waals surface area contributed by atoms with Crippen molar-refractivity contribution in [2.75, 3.05) is 0 Å². The zero-order valence-electron chi connectivity index (χ0n) is 10.8. The lowest BCUT2D eigenvalue weighted by Gasteiger charge is -2.44. The van der Waals surface area contributed by atoms with Crippen molar-refractivity contribution in [3.05, 3.63) is 0 Å². The van der Waals surface area contributed by atoms with Crippen molar-refractivity contribution in [2.45, 2.75) is 70.4 Å². The topological polar surface area (TPSA) is 21.9 Å². The molecular weight excluding hydrogens is 194 g/mol. The highest BCUT2D eigenvalue weighted by molar-refractivity contribution is 5.23. The molecule has 16 heavy (non-hydrogen) atoms. The van der Waals surface area contributed by atoms with Crippen LogP contribution in [0.3, 0.4) is 0 Å². The van der Waals surface area contributed by atoms with Crippen molar-refractivity contribution < 1.29 is 0 Å². The van der Waals surface area contributed by atoms with Crippen molar-refractivity contribution in [2.24, 2.45) is 23.2 Å². The van der Waals surface area contributed by atoms with Crippen LogP contribution in [0.15, 0.2) is 0 Å². The minimum atomic E-state index is 0.630. The van der Waals surface area contributed by atoms with Crippen LogP contribution in [0.2, 0.25) is 0 Å². The molecule has 1 nitrogen and oxygen atoms in total. The van der Waals surface area contributed by atoms with Gasteiger partial charge in [0, 0.05) is 11.6 Å². The van der Waals surface area contributed by atoms with Crippen molar-refractivity contribution in [1.82, 2.24) is 5.32 Å². The molecule has 0 aromatic rings. The lowest BCUT2D eigenvalue weighted by atomic mass is 9.60. The summed E-state index contributed by atoms with van der Waals surface area (Å²) in [6.45, 7) is 5.09. The Bertz CT molecular complexity index is 325. The molecule has 4 fully saturated rings. The lowest BCUT2D eigenvalue weighted by molar-refractivity contribution is 0.0737. The highest BCUT2D eigenvalue weighted by atomic mass is 15.2. The van der Waals surface area contributed by atoms with E-state index in [1.807, 2.05) is 0 Å². The van der Waals surface area contributed by atoms with Crippen LogP contribution in [0.4, 0.5) is 0 Å². The van der Waals surface area contributed by atoms with Crippen molar-refractivity contribution in [1.29, 1.82) is 0 Å². The number of hydrogen-bond donors (Lipinski definition) is 1. The van der Waals surface area contributed by atoms with E-state index in [2.05, 4.69) is 19.2 Å². The molecule has 0 aromatic heterocycles. The Labute approximate surface area is 99.4 Å². The molecule has 4 rings (SSSR count). The summed E-state index contributed by atoms with van der Waals surface area (Å²) in [5.74, 6) is 3.08. The van der Waals surface area contributed by atoms with Gasteiger partial charge in [-0.3, -0.25) is 0 Å². The fourth-order valence-electron chi connectivity index (χ4n) is 5.55. The zero-order valence-corrected chi connectivity index (χ0v) is 10.8. The second kappa shape index (κ2) is 2.85. The largest absolute Gasteiger partial charge is 0.305 e. The minimum absolute atomic E-state index is 0.630. The lowest BCUT2D eigenvalue weighted by Crippen LogP contribution is -2.37. The van der Waals surface area contributed by atoms with E-state index in [9.17, 15) is 0 Å². The van der Waals surface area contributed by atoms with Crippen molar-refractivity contribution >= 4 is 0 Å². The summed E-state index contributed by atoms with van der Waals surface area (Å²) >= 11 is 0. The van der Waals surface area contributed by atoms with E-state index in [-0.39, 0.29) is 0 Å². The maximum absolute atomic E-state index is 3.88. The first-order valence-electron chi connectivity index (χ1n) is 7.38. The molecule has 1 saturated heterocycles. The van der Waals surface area contributed by atoms with Gasteiger partial charge in [-0.1, -0.05) is 13.8 Å². The van der Waals surface area contributed by atoms with Gasteiger partial charge in [0.25, 0.3) is 0 Å². The molecule has 3 saturated carbocycles. The van der Waals surface area contributed by atoms with Gasteiger partial charge in [-0.05, 0) is 68.1 Å². The summed E-state index contributed by atoms with van der Waals surface area (Å²) in [7, 11) is 0. The van der Waals surface area contributed by atoms with E-state index in [1.54, 1.807) is 0 Å². The van der Waals surface area contributed by atoms with E-state index in [4.69, 9.17) is 0 Å². The summed E-state index contributed by atoms with van der Waals surface area (Å²) in [6.07, 6.45) is 10.6. The fraction of sp³-hybridized carbons (Fsp3) is 1.00. The predicted octanol–water partition coefficient (Wildman–Crippen LogP) is 3.34. The molecule has 90 valence electrons. The molecule has 0 spiro atoms. The second-order valence-electron chi connectivity index (χ2n) is 7.78. The van der Waals surface area contributed by atoms with E-state index in [0.717, 1.165) is 23.8 Å². The molecule has 1 N–H and O–H groups in total. The van der Waals surface area contributed by atoms with Crippen molar-refractivity contribution in [3.63, 3.8) is 0 Å². The van der Waals surface area contributed by atoms with Gasteiger partial charge < -0.3 is 5.32 Å². The number of fused-ring (bicyclic) bond motifs is 2. The minimum Gasteiger partial charge on any atom is -0.305 e. The summed E-state index contributed by atoms with van der Waals surface area (Å²) in [6, 6.07) is 0.930. The fourth-order valence-corrected chi connectivity index (χ4v) is 5.55. The van der Waals surface area contributed by atoms with Gasteiger partial charge in [0.05, 0.1) is 0 Å². The van der Waals surface area contributed by atoms with Gasteiger partial charge in [0.15, 0.2) is 0 Å². The van der Waals surface area contributed by atoms with Crippen molar-refractivity contribution in [3.8, 4) is 0 Å². The monoisotopic (exact) mass is 219 g/mol. The van der Waals surface area contributed by atoms with E-state index in [1.165, 1.54) is 44.9 Å². The van der Waals surface area contributed by atoms with Gasteiger partial charge in [-0.25, -0.2) is 0 Å². The second-order valence-corrected chi connectivity index (χ2v) is 7.78. The Kier molecular flexibility index (Phi) is 1.77. The first-order valence-corrected chi connectivity index (χ1v) is 7.38. The van der Waals surface area contributed by atoms with Crippen LogP contribution >= 0.6 is 0 Å². The van der Waals surface area contributed by atoms with Crippen LogP contribution in [0.25, 0.3) is 0 Å². The smallest absolute Gasteiger partial charge is 0.0346 e. The molecule has 3 aliphatic carbocycles. The third-order valence-corrected chi connectivity index (χ3v) is 6.50. The molecule has 1 aliphatic heterocycles. The van der Waals surface area contributed by atoms with E-state index >= 15 is 0 Å². The standard InChI is InChI=1S/C15H25N/c1-10-3-5-14(2)8-12(10)7-11-4-6-15(9-14)13(11)16-15/h10-13,16H,3-9H2,1-2H3/t10?,11?,12-,13?,14?,15?/m1/s1. The van der Waals surface area contributed by atoms with Crippen LogP contribution in [0, 0.1) is 23.2 Å². The highest BCUT2D eigenvalue weighted by Gasteiger charge is 2.64. The molecule has 4 aliphatic rings. The van der Waals surface area contributed by atoms with Gasteiger partial charge in [0.2, 0.25) is 0 Å². The quantitative estimate of drug-likeness (QED) is 0.620. The number of hydrogen-bond acceptors (Lipinski definition) is 1. The SMILES string of the molecule is CC1CCC2(C)C[C@H]1CC1CCC3(C2)NC13. The van der Waals surface area contributed by atoms with Crippen LogP contribution in [0.1, 0.15) is 58.8 Å². The molecule has 0 radical (unpaired) electrons. The molecular formula is C15H25N. The maximum Gasteiger partial charge on any atom is 0.0346 e. The maximum atomic E-state index is 3.88. The third kappa shape index (κ3) is 1.21. The van der Waals surface area contributed by atoms with Gasteiger partial charge in [-0.2, -0.15) is 0 Å². The van der Waals surface area contributed by atoms with Crippen LogP contribution in [0.5, 0.6) is 0 Å². The molecule has 6 atom stereocenters. The summed E-state index contributed by atoms with van der Waals surface area (Å²) in [4.78, 5) is 0. The van der Waals surface area contributed by atoms with Gasteiger partial charge in [-0.15, -0.1) is 0 Å². The third-order valence-electron chi connectivity index (χ3n) is 6.50.